The summed E-state index contributed by atoms with van der Waals surface area (Å²) in [6.45, 7) is 1.96. The third-order valence-corrected chi connectivity index (χ3v) is 7.00. The lowest BCUT2D eigenvalue weighted by Crippen LogP contribution is -2.51. The van der Waals surface area contributed by atoms with E-state index in [0.717, 1.165) is 55.2 Å². The molecule has 5 rings (SSSR count). The first-order valence-electron chi connectivity index (χ1n) is 11.9. The van der Waals surface area contributed by atoms with Gasteiger partial charge >= 0.3 is 6.03 Å². The fourth-order valence-corrected chi connectivity index (χ4v) is 5.34. The number of methoxy groups -OCH3 is 2. The Bertz CT molecular complexity index is 1140. The van der Waals surface area contributed by atoms with E-state index in [2.05, 4.69) is 22.3 Å². The topological polar surface area (TPSA) is 54.0 Å². The van der Waals surface area contributed by atoms with E-state index >= 15 is 0 Å². The average molecular weight is 458 g/mol. The molecule has 2 unspecified atom stereocenters. The van der Waals surface area contributed by atoms with Gasteiger partial charge in [0.15, 0.2) is 11.5 Å². The lowest BCUT2D eigenvalue weighted by molar-refractivity contribution is 0.124. The predicted molar refractivity (Wildman–Crippen MR) is 135 cm³/mol. The molecule has 3 aromatic rings. The van der Waals surface area contributed by atoms with Gasteiger partial charge in [-0.3, -0.25) is 9.80 Å². The molecule has 34 heavy (non-hydrogen) atoms. The highest BCUT2D eigenvalue weighted by atomic mass is 16.5. The Hall–Kier alpha value is -3.51. The molecular formula is C28H31N3O3. The van der Waals surface area contributed by atoms with Gasteiger partial charge in [0, 0.05) is 36.5 Å². The van der Waals surface area contributed by atoms with Crippen LogP contribution in [-0.4, -0.2) is 44.3 Å². The minimum absolute atomic E-state index is 0.0754. The van der Waals surface area contributed by atoms with Gasteiger partial charge in [0.25, 0.3) is 0 Å². The maximum absolute atomic E-state index is 13.6. The van der Waals surface area contributed by atoms with E-state index in [1.807, 2.05) is 65.6 Å². The van der Waals surface area contributed by atoms with E-state index in [1.54, 1.807) is 14.2 Å². The Morgan fingerprint density at radius 1 is 0.941 bits per heavy atom. The number of nitrogens with one attached hydrogen (secondary N) is 1. The van der Waals surface area contributed by atoms with Gasteiger partial charge in [-0.25, -0.2) is 4.79 Å². The quantitative estimate of drug-likeness (QED) is 0.549. The number of fused-ring (bicyclic) bond motifs is 3. The molecule has 0 saturated carbocycles. The van der Waals surface area contributed by atoms with Crippen LogP contribution in [-0.2, 0) is 6.42 Å². The zero-order valence-corrected chi connectivity index (χ0v) is 19.7. The summed E-state index contributed by atoms with van der Waals surface area (Å²) < 4.78 is 11.2. The van der Waals surface area contributed by atoms with Gasteiger partial charge in [-0.15, -0.1) is 0 Å². The highest BCUT2D eigenvalue weighted by molar-refractivity contribution is 6.02. The van der Waals surface area contributed by atoms with Crippen molar-refractivity contribution in [1.82, 2.24) is 4.90 Å². The number of anilines is 2. The van der Waals surface area contributed by atoms with E-state index in [9.17, 15) is 4.79 Å². The second-order valence-electron chi connectivity index (χ2n) is 8.89. The normalized spacial score (nSPS) is 19.5. The fourth-order valence-electron chi connectivity index (χ4n) is 5.34. The van der Waals surface area contributed by atoms with Crippen LogP contribution in [0.25, 0.3) is 0 Å². The van der Waals surface area contributed by atoms with Crippen molar-refractivity contribution in [3.63, 3.8) is 0 Å². The standard InChI is InChI=1S/C28H31N3O3/c1-33-26-17-20-13-15-30-16-14-23(18-25(30)24(20)19-27(26)34-2)31(22-11-7-4-8-12-22)28(32)29-21-9-5-3-6-10-21/h3-12,17,19,23,25H,13-16,18H2,1-2H3,(H,29,32). The first-order chi connectivity index (χ1) is 16.7. The van der Waals surface area contributed by atoms with Crippen molar-refractivity contribution in [3.05, 3.63) is 83.9 Å². The van der Waals surface area contributed by atoms with Crippen LogP contribution < -0.4 is 19.7 Å². The minimum Gasteiger partial charge on any atom is -0.493 e. The molecule has 0 bridgehead atoms. The van der Waals surface area contributed by atoms with Crippen molar-refractivity contribution in [3.8, 4) is 11.5 Å². The lowest BCUT2D eigenvalue weighted by Gasteiger charge is -2.46. The molecule has 0 spiro atoms. The van der Waals surface area contributed by atoms with Crippen LogP contribution >= 0.6 is 0 Å². The number of ether oxygens (including phenoxy) is 2. The van der Waals surface area contributed by atoms with Crippen molar-refractivity contribution in [2.75, 3.05) is 37.5 Å². The van der Waals surface area contributed by atoms with Crippen LogP contribution in [0.3, 0.4) is 0 Å². The molecule has 3 aromatic carbocycles. The van der Waals surface area contributed by atoms with E-state index in [-0.39, 0.29) is 18.1 Å². The van der Waals surface area contributed by atoms with Crippen LogP contribution in [0.4, 0.5) is 16.2 Å². The van der Waals surface area contributed by atoms with Gasteiger partial charge in [0.2, 0.25) is 0 Å². The summed E-state index contributed by atoms with van der Waals surface area (Å²) in [7, 11) is 3.36. The SMILES string of the molecule is COc1cc2c(cc1OC)C1CC(N(C(=O)Nc3ccccc3)c3ccccc3)CCN1CC2. The van der Waals surface area contributed by atoms with Gasteiger partial charge in [0.05, 0.1) is 14.2 Å². The summed E-state index contributed by atoms with van der Waals surface area (Å²) in [6.07, 6.45) is 2.78. The Morgan fingerprint density at radius 2 is 1.62 bits per heavy atom. The highest BCUT2D eigenvalue weighted by Crippen LogP contribution is 2.43. The number of nitrogens with zero attached hydrogens (tertiary/aromatic N) is 2. The highest BCUT2D eigenvalue weighted by Gasteiger charge is 2.38. The van der Waals surface area contributed by atoms with E-state index in [4.69, 9.17) is 9.47 Å². The molecule has 1 fully saturated rings. The number of rotatable bonds is 5. The Kier molecular flexibility index (Phi) is 6.41. The molecule has 2 atom stereocenters. The van der Waals surface area contributed by atoms with Crippen LogP contribution in [0.5, 0.6) is 11.5 Å². The zero-order valence-electron chi connectivity index (χ0n) is 19.7. The van der Waals surface area contributed by atoms with E-state index in [0.29, 0.717) is 0 Å². The molecule has 0 aliphatic carbocycles. The number of urea groups is 1. The van der Waals surface area contributed by atoms with Crippen LogP contribution in [0.1, 0.15) is 30.0 Å². The third kappa shape index (κ3) is 4.33. The van der Waals surface area contributed by atoms with Crippen molar-refractivity contribution in [2.45, 2.75) is 31.3 Å². The van der Waals surface area contributed by atoms with Crippen LogP contribution in [0.15, 0.2) is 72.8 Å². The molecule has 6 nitrogen and oxygen atoms in total. The molecule has 0 aromatic heterocycles. The molecule has 0 radical (unpaired) electrons. The largest absolute Gasteiger partial charge is 0.493 e. The number of hydrogen-bond acceptors (Lipinski definition) is 4. The van der Waals surface area contributed by atoms with Crippen LogP contribution in [0, 0.1) is 0 Å². The molecule has 176 valence electrons. The molecule has 2 aliphatic heterocycles. The second kappa shape index (κ2) is 9.77. The zero-order chi connectivity index (χ0) is 23.5. The maximum atomic E-state index is 13.6. The molecular weight excluding hydrogens is 426 g/mol. The Morgan fingerprint density at radius 3 is 2.32 bits per heavy atom. The molecule has 1 N–H and O–H groups in total. The molecule has 2 aliphatic rings. The van der Waals surface area contributed by atoms with Crippen molar-refractivity contribution < 1.29 is 14.3 Å². The summed E-state index contributed by atoms with van der Waals surface area (Å²) in [5.41, 5.74) is 4.30. The predicted octanol–water partition coefficient (Wildman–Crippen LogP) is 5.50. The van der Waals surface area contributed by atoms with E-state index < -0.39 is 0 Å². The first-order valence-corrected chi connectivity index (χ1v) is 11.9. The third-order valence-electron chi connectivity index (χ3n) is 7.00. The van der Waals surface area contributed by atoms with E-state index in [1.165, 1.54) is 11.1 Å². The fraction of sp³-hybridized carbons (Fsp3) is 0.321. The molecule has 1 saturated heterocycles. The van der Waals surface area contributed by atoms with Gasteiger partial charge in [0.1, 0.15) is 0 Å². The second-order valence-corrected chi connectivity index (χ2v) is 8.89. The molecule has 2 amide bonds. The van der Waals surface area contributed by atoms with Crippen molar-refractivity contribution in [2.24, 2.45) is 0 Å². The van der Waals surface area contributed by atoms with Crippen molar-refractivity contribution >= 4 is 17.4 Å². The number of piperidine rings is 1. The summed E-state index contributed by atoms with van der Waals surface area (Å²) in [5.74, 6) is 1.53. The number of hydrogen-bond donors (Lipinski definition) is 1. The summed E-state index contributed by atoms with van der Waals surface area (Å²) in [5, 5.41) is 3.10. The number of amides is 2. The first kappa shape index (κ1) is 22.3. The average Bonchev–Trinajstić information content (AvgIpc) is 2.89. The summed E-state index contributed by atoms with van der Waals surface area (Å²) in [6, 6.07) is 24.1. The molecule has 6 heteroatoms. The summed E-state index contributed by atoms with van der Waals surface area (Å²) in [4.78, 5) is 18.1. The van der Waals surface area contributed by atoms with Gasteiger partial charge in [-0.2, -0.15) is 0 Å². The maximum Gasteiger partial charge on any atom is 0.326 e. The molecule has 2 heterocycles. The smallest absolute Gasteiger partial charge is 0.326 e. The van der Waals surface area contributed by atoms with Crippen molar-refractivity contribution in [1.29, 1.82) is 0 Å². The Balaban J connectivity index is 1.46. The number of para-hydroxylation sites is 2. The van der Waals surface area contributed by atoms with Crippen LogP contribution in [0.2, 0.25) is 0 Å². The number of carbonyl (C=O) groups is 1. The monoisotopic (exact) mass is 457 g/mol. The Labute approximate surface area is 201 Å². The number of benzene rings is 3. The minimum atomic E-state index is -0.0980. The summed E-state index contributed by atoms with van der Waals surface area (Å²) >= 11 is 0. The lowest BCUT2D eigenvalue weighted by atomic mass is 9.84. The van der Waals surface area contributed by atoms with Gasteiger partial charge in [-0.05, 0) is 66.8 Å². The number of carbonyl (C=O) groups excluding carboxylic acids is 1. The van der Waals surface area contributed by atoms with Gasteiger partial charge in [-0.1, -0.05) is 36.4 Å². The van der Waals surface area contributed by atoms with Gasteiger partial charge < -0.3 is 14.8 Å².